The standard InChI is InChI=1S/C7H10N4O3/c1-2-14-6(13)3-5(12)10-7-8-4-9-11-7/h4H,2-3H2,1H3,(H2,8,9,10,11,12). The number of rotatable bonds is 4. The molecule has 0 saturated heterocycles. The van der Waals surface area contributed by atoms with Gasteiger partial charge in [0.2, 0.25) is 11.9 Å². The van der Waals surface area contributed by atoms with Gasteiger partial charge in [-0.1, -0.05) is 0 Å². The maximum absolute atomic E-state index is 11.1. The van der Waals surface area contributed by atoms with Crippen molar-refractivity contribution < 1.29 is 14.3 Å². The summed E-state index contributed by atoms with van der Waals surface area (Å²) in [5.41, 5.74) is 0. The number of hydrogen-bond donors (Lipinski definition) is 2. The van der Waals surface area contributed by atoms with E-state index in [0.29, 0.717) is 0 Å². The SMILES string of the molecule is CCOC(=O)CC(=O)Nc1ncn[nH]1. The molecule has 1 aromatic heterocycles. The molecule has 0 unspecified atom stereocenters. The van der Waals surface area contributed by atoms with Gasteiger partial charge in [-0.05, 0) is 6.92 Å². The van der Waals surface area contributed by atoms with Crippen molar-refractivity contribution in [3.05, 3.63) is 6.33 Å². The number of aromatic nitrogens is 3. The Bertz CT molecular complexity index is 309. The zero-order valence-electron chi connectivity index (χ0n) is 7.61. The second-order valence-corrected chi connectivity index (χ2v) is 2.36. The van der Waals surface area contributed by atoms with Crippen LogP contribution in [0.4, 0.5) is 5.95 Å². The van der Waals surface area contributed by atoms with E-state index in [4.69, 9.17) is 0 Å². The van der Waals surface area contributed by atoms with E-state index in [9.17, 15) is 9.59 Å². The first-order chi connectivity index (χ1) is 6.72. The third-order valence-corrected chi connectivity index (χ3v) is 1.28. The van der Waals surface area contributed by atoms with Crippen LogP contribution in [0, 0.1) is 0 Å². The number of carbonyl (C=O) groups excluding carboxylic acids is 2. The van der Waals surface area contributed by atoms with Crippen LogP contribution in [-0.4, -0.2) is 33.7 Å². The minimum atomic E-state index is -0.565. The fourth-order valence-corrected chi connectivity index (χ4v) is 0.785. The van der Waals surface area contributed by atoms with Gasteiger partial charge in [-0.15, -0.1) is 0 Å². The lowest BCUT2D eigenvalue weighted by molar-refractivity contribution is -0.145. The van der Waals surface area contributed by atoms with Gasteiger partial charge in [0.1, 0.15) is 12.7 Å². The van der Waals surface area contributed by atoms with Crippen molar-refractivity contribution in [2.75, 3.05) is 11.9 Å². The Hall–Kier alpha value is -1.92. The van der Waals surface area contributed by atoms with Crippen LogP contribution >= 0.6 is 0 Å². The molecule has 76 valence electrons. The Morgan fingerprint density at radius 3 is 3.00 bits per heavy atom. The number of nitrogens with zero attached hydrogens (tertiary/aromatic N) is 2. The molecule has 0 saturated carbocycles. The van der Waals surface area contributed by atoms with Crippen molar-refractivity contribution in [1.82, 2.24) is 15.2 Å². The molecule has 0 atom stereocenters. The molecule has 0 aliphatic rings. The summed E-state index contributed by atoms with van der Waals surface area (Å²) in [5.74, 6) is -0.844. The molecule has 2 N–H and O–H groups in total. The van der Waals surface area contributed by atoms with E-state index in [2.05, 4.69) is 25.2 Å². The molecular formula is C7H10N4O3. The second kappa shape index (κ2) is 4.95. The van der Waals surface area contributed by atoms with Gasteiger partial charge in [-0.2, -0.15) is 10.1 Å². The van der Waals surface area contributed by atoms with Crippen LogP contribution in [0.15, 0.2) is 6.33 Å². The van der Waals surface area contributed by atoms with Gasteiger partial charge in [0.15, 0.2) is 0 Å². The van der Waals surface area contributed by atoms with Gasteiger partial charge < -0.3 is 4.74 Å². The molecule has 1 heterocycles. The summed E-state index contributed by atoms with van der Waals surface area (Å²) in [7, 11) is 0. The van der Waals surface area contributed by atoms with Gasteiger partial charge in [-0.3, -0.25) is 14.9 Å². The minimum Gasteiger partial charge on any atom is -0.466 e. The van der Waals surface area contributed by atoms with Crippen LogP contribution in [-0.2, 0) is 14.3 Å². The van der Waals surface area contributed by atoms with E-state index < -0.39 is 11.9 Å². The molecule has 0 aliphatic heterocycles. The molecule has 1 rings (SSSR count). The topological polar surface area (TPSA) is 97.0 Å². The lowest BCUT2D eigenvalue weighted by Gasteiger charge is -2.01. The average molecular weight is 198 g/mol. The number of H-pyrrole nitrogens is 1. The third kappa shape index (κ3) is 3.21. The maximum atomic E-state index is 11.1. The first-order valence-electron chi connectivity index (χ1n) is 4.03. The van der Waals surface area contributed by atoms with Crippen molar-refractivity contribution >= 4 is 17.8 Å². The molecule has 1 aromatic rings. The molecule has 0 fully saturated rings. The van der Waals surface area contributed by atoms with Crippen molar-refractivity contribution in [2.45, 2.75) is 13.3 Å². The molecule has 7 heteroatoms. The molecule has 1 amide bonds. The molecule has 7 nitrogen and oxygen atoms in total. The quantitative estimate of drug-likeness (QED) is 0.511. The highest BCUT2D eigenvalue weighted by molar-refractivity contribution is 6.00. The van der Waals surface area contributed by atoms with E-state index in [1.165, 1.54) is 6.33 Å². The monoisotopic (exact) mass is 198 g/mol. The first kappa shape index (κ1) is 10.2. The van der Waals surface area contributed by atoms with Crippen LogP contribution in [0.3, 0.4) is 0 Å². The summed E-state index contributed by atoms with van der Waals surface area (Å²) < 4.78 is 4.59. The van der Waals surface area contributed by atoms with Crippen molar-refractivity contribution in [3.8, 4) is 0 Å². The van der Waals surface area contributed by atoms with Gasteiger partial charge in [0.25, 0.3) is 0 Å². The number of aromatic amines is 1. The number of carbonyl (C=O) groups is 2. The highest BCUT2D eigenvalue weighted by Crippen LogP contribution is 1.95. The number of ether oxygens (including phenoxy) is 1. The Balaban J connectivity index is 2.33. The fraction of sp³-hybridized carbons (Fsp3) is 0.429. The van der Waals surface area contributed by atoms with Crippen molar-refractivity contribution in [2.24, 2.45) is 0 Å². The first-order valence-corrected chi connectivity index (χ1v) is 4.03. The van der Waals surface area contributed by atoms with Crippen molar-refractivity contribution in [1.29, 1.82) is 0 Å². The van der Waals surface area contributed by atoms with Gasteiger partial charge >= 0.3 is 5.97 Å². The largest absolute Gasteiger partial charge is 0.466 e. The van der Waals surface area contributed by atoms with Gasteiger partial charge in [0, 0.05) is 0 Å². The van der Waals surface area contributed by atoms with Crippen LogP contribution in [0.25, 0.3) is 0 Å². The Kier molecular flexibility index (Phi) is 3.59. The molecule has 0 aliphatic carbocycles. The van der Waals surface area contributed by atoms with E-state index in [0.717, 1.165) is 0 Å². The molecule has 0 spiro atoms. The fourth-order valence-electron chi connectivity index (χ4n) is 0.785. The van der Waals surface area contributed by atoms with Crippen LogP contribution in [0.1, 0.15) is 13.3 Å². The van der Waals surface area contributed by atoms with Crippen LogP contribution < -0.4 is 5.32 Å². The number of amides is 1. The summed E-state index contributed by atoms with van der Waals surface area (Å²) in [6, 6.07) is 0. The van der Waals surface area contributed by atoms with Crippen LogP contribution in [0.2, 0.25) is 0 Å². The van der Waals surface area contributed by atoms with E-state index in [-0.39, 0.29) is 19.0 Å². The maximum Gasteiger partial charge on any atom is 0.315 e. The Morgan fingerprint density at radius 2 is 2.43 bits per heavy atom. The normalized spacial score (nSPS) is 9.50. The van der Waals surface area contributed by atoms with Gasteiger partial charge in [0.05, 0.1) is 6.61 Å². The van der Waals surface area contributed by atoms with Crippen LogP contribution in [0.5, 0.6) is 0 Å². The summed E-state index contributed by atoms with van der Waals surface area (Å²) in [6.45, 7) is 1.93. The van der Waals surface area contributed by atoms with E-state index in [1.54, 1.807) is 6.92 Å². The molecule has 0 bridgehead atoms. The third-order valence-electron chi connectivity index (χ3n) is 1.28. The molecule has 0 aromatic carbocycles. The zero-order chi connectivity index (χ0) is 10.4. The average Bonchev–Trinajstić information content (AvgIpc) is 2.56. The lowest BCUT2D eigenvalue weighted by Crippen LogP contribution is -2.18. The predicted molar refractivity (Wildman–Crippen MR) is 46.3 cm³/mol. The van der Waals surface area contributed by atoms with E-state index in [1.807, 2.05) is 0 Å². The van der Waals surface area contributed by atoms with E-state index >= 15 is 0 Å². The summed E-state index contributed by atoms with van der Waals surface area (Å²) in [6.07, 6.45) is 0.925. The Morgan fingerprint density at radius 1 is 1.64 bits per heavy atom. The second-order valence-electron chi connectivity index (χ2n) is 2.36. The van der Waals surface area contributed by atoms with Gasteiger partial charge in [-0.25, -0.2) is 5.10 Å². The number of esters is 1. The smallest absolute Gasteiger partial charge is 0.315 e. The highest BCUT2D eigenvalue weighted by Gasteiger charge is 2.10. The number of anilines is 1. The summed E-state index contributed by atoms with van der Waals surface area (Å²) in [4.78, 5) is 25.6. The molecular weight excluding hydrogens is 188 g/mol. The predicted octanol–water partition coefficient (Wildman–Crippen LogP) is -0.304. The summed E-state index contributed by atoms with van der Waals surface area (Å²) in [5, 5.41) is 8.29. The van der Waals surface area contributed by atoms with Crippen molar-refractivity contribution in [3.63, 3.8) is 0 Å². The minimum absolute atomic E-state index is 0.208. The Labute approximate surface area is 79.9 Å². The molecule has 14 heavy (non-hydrogen) atoms. The number of nitrogens with one attached hydrogen (secondary N) is 2. The summed E-state index contributed by atoms with van der Waals surface area (Å²) >= 11 is 0. The highest BCUT2D eigenvalue weighted by atomic mass is 16.5. The molecule has 0 radical (unpaired) electrons. The lowest BCUT2D eigenvalue weighted by atomic mass is 10.4. The zero-order valence-corrected chi connectivity index (χ0v) is 7.61. The number of hydrogen-bond acceptors (Lipinski definition) is 5.